The molecule has 6 heteroatoms. The van der Waals surface area contributed by atoms with Crippen LogP contribution < -0.4 is 5.32 Å². The van der Waals surface area contributed by atoms with Crippen LogP contribution >= 0.6 is 11.3 Å². The van der Waals surface area contributed by atoms with E-state index in [1.54, 1.807) is 28.4 Å². The van der Waals surface area contributed by atoms with Crippen molar-refractivity contribution in [3.63, 3.8) is 0 Å². The summed E-state index contributed by atoms with van der Waals surface area (Å²) in [5, 5.41) is 9.24. The van der Waals surface area contributed by atoms with Crippen LogP contribution in [0, 0.1) is 6.92 Å². The molecule has 0 aliphatic rings. The highest BCUT2D eigenvalue weighted by Crippen LogP contribution is 2.12. The van der Waals surface area contributed by atoms with Gasteiger partial charge in [0.15, 0.2) is 5.82 Å². The molecule has 0 atom stereocenters. The molecule has 0 radical (unpaired) electrons. The van der Waals surface area contributed by atoms with Gasteiger partial charge in [-0.25, -0.2) is 9.67 Å². The Labute approximate surface area is 132 Å². The zero-order chi connectivity index (χ0) is 15.4. The summed E-state index contributed by atoms with van der Waals surface area (Å²) in [5.74, 6) is 0.605. The second-order valence-corrected chi connectivity index (χ2v) is 5.86. The van der Waals surface area contributed by atoms with Crippen molar-refractivity contribution >= 4 is 17.2 Å². The van der Waals surface area contributed by atoms with E-state index in [0.29, 0.717) is 17.9 Å². The minimum Gasteiger partial charge on any atom is -0.352 e. The van der Waals surface area contributed by atoms with Crippen LogP contribution in [0.1, 0.15) is 20.9 Å². The molecule has 3 aromatic heterocycles. The molecule has 0 saturated carbocycles. The SMILES string of the molecule is Cc1c(C(=O)NCCc2cccs2)cnn1-c1ccccn1. The molecule has 3 rings (SSSR count). The van der Waals surface area contributed by atoms with Gasteiger partial charge < -0.3 is 5.32 Å². The van der Waals surface area contributed by atoms with E-state index in [1.807, 2.05) is 36.6 Å². The van der Waals surface area contributed by atoms with Crippen LogP contribution in [0.2, 0.25) is 0 Å². The molecule has 112 valence electrons. The highest BCUT2D eigenvalue weighted by Gasteiger charge is 2.15. The van der Waals surface area contributed by atoms with Gasteiger partial charge in [0.05, 0.1) is 17.5 Å². The number of nitrogens with zero attached hydrogens (tertiary/aromatic N) is 3. The Kier molecular flexibility index (Phi) is 4.29. The maximum absolute atomic E-state index is 12.3. The van der Waals surface area contributed by atoms with Crippen molar-refractivity contribution in [2.75, 3.05) is 6.54 Å². The highest BCUT2D eigenvalue weighted by atomic mass is 32.1. The molecular weight excluding hydrogens is 296 g/mol. The van der Waals surface area contributed by atoms with E-state index in [-0.39, 0.29) is 5.91 Å². The van der Waals surface area contributed by atoms with Crippen LogP contribution in [0.4, 0.5) is 0 Å². The Morgan fingerprint density at radius 2 is 2.23 bits per heavy atom. The van der Waals surface area contributed by atoms with Gasteiger partial charge in [-0.15, -0.1) is 11.3 Å². The number of amides is 1. The number of rotatable bonds is 5. The Morgan fingerprint density at radius 3 is 2.95 bits per heavy atom. The van der Waals surface area contributed by atoms with Gasteiger partial charge in [-0.1, -0.05) is 12.1 Å². The van der Waals surface area contributed by atoms with E-state index in [0.717, 1.165) is 12.1 Å². The summed E-state index contributed by atoms with van der Waals surface area (Å²) in [6.45, 7) is 2.49. The summed E-state index contributed by atoms with van der Waals surface area (Å²) in [6, 6.07) is 9.69. The van der Waals surface area contributed by atoms with Gasteiger partial charge in [0.25, 0.3) is 5.91 Å². The molecule has 0 aliphatic heterocycles. The average Bonchev–Trinajstić information content (AvgIpc) is 3.18. The van der Waals surface area contributed by atoms with Crippen LogP contribution in [0.5, 0.6) is 0 Å². The monoisotopic (exact) mass is 312 g/mol. The van der Waals surface area contributed by atoms with Crippen molar-refractivity contribution in [3.8, 4) is 5.82 Å². The second-order valence-electron chi connectivity index (χ2n) is 4.83. The van der Waals surface area contributed by atoms with Gasteiger partial charge in [-0.05, 0) is 36.9 Å². The Balaban J connectivity index is 1.67. The number of carbonyl (C=O) groups is 1. The van der Waals surface area contributed by atoms with Crippen molar-refractivity contribution in [2.24, 2.45) is 0 Å². The molecule has 0 spiro atoms. The van der Waals surface area contributed by atoms with Crippen molar-refractivity contribution < 1.29 is 4.79 Å². The average molecular weight is 312 g/mol. The minimum atomic E-state index is -0.101. The van der Waals surface area contributed by atoms with Gasteiger partial charge in [0.2, 0.25) is 0 Å². The van der Waals surface area contributed by atoms with Crippen molar-refractivity contribution in [1.82, 2.24) is 20.1 Å². The number of aromatic nitrogens is 3. The van der Waals surface area contributed by atoms with E-state index >= 15 is 0 Å². The van der Waals surface area contributed by atoms with E-state index in [2.05, 4.69) is 21.5 Å². The quantitative estimate of drug-likeness (QED) is 0.788. The molecule has 1 amide bonds. The summed E-state index contributed by atoms with van der Waals surface area (Å²) in [7, 11) is 0. The van der Waals surface area contributed by atoms with Crippen LogP contribution in [-0.2, 0) is 6.42 Å². The predicted octanol–water partition coefficient (Wildman–Crippen LogP) is 2.61. The number of hydrogen-bond acceptors (Lipinski definition) is 4. The van der Waals surface area contributed by atoms with Crippen LogP contribution in [-0.4, -0.2) is 27.2 Å². The zero-order valence-electron chi connectivity index (χ0n) is 12.2. The molecule has 0 aliphatic carbocycles. The lowest BCUT2D eigenvalue weighted by Crippen LogP contribution is -2.26. The van der Waals surface area contributed by atoms with E-state index < -0.39 is 0 Å². The van der Waals surface area contributed by atoms with E-state index in [1.165, 1.54) is 4.88 Å². The topological polar surface area (TPSA) is 59.8 Å². The lowest BCUT2D eigenvalue weighted by molar-refractivity contribution is 0.0953. The maximum atomic E-state index is 12.3. The first kappa shape index (κ1) is 14.5. The standard InChI is InChI=1S/C16H16N4OS/c1-12-14(11-19-20(12)15-6-2-3-8-17-15)16(21)18-9-7-13-5-4-10-22-13/h2-6,8,10-11H,7,9H2,1H3,(H,18,21). The summed E-state index contributed by atoms with van der Waals surface area (Å²) in [4.78, 5) is 17.8. The summed E-state index contributed by atoms with van der Waals surface area (Å²) in [5.41, 5.74) is 1.36. The number of pyridine rings is 1. The molecule has 0 aromatic carbocycles. The van der Waals surface area contributed by atoms with Crippen molar-refractivity contribution in [1.29, 1.82) is 0 Å². The molecule has 3 aromatic rings. The van der Waals surface area contributed by atoms with Gasteiger partial charge >= 0.3 is 0 Å². The molecule has 22 heavy (non-hydrogen) atoms. The van der Waals surface area contributed by atoms with Gasteiger partial charge in [0.1, 0.15) is 0 Å². The molecule has 0 unspecified atom stereocenters. The summed E-state index contributed by atoms with van der Waals surface area (Å²) in [6.07, 6.45) is 4.14. The van der Waals surface area contributed by atoms with Crippen molar-refractivity contribution in [3.05, 3.63) is 64.2 Å². The number of carbonyl (C=O) groups excluding carboxylic acids is 1. The third-order valence-corrected chi connectivity index (χ3v) is 4.29. The number of thiophene rings is 1. The van der Waals surface area contributed by atoms with Crippen LogP contribution in [0.3, 0.4) is 0 Å². The Hall–Kier alpha value is -2.47. The van der Waals surface area contributed by atoms with Crippen LogP contribution in [0.25, 0.3) is 5.82 Å². The third kappa shape index (κ3) is 3.07. The fourth-order valence-corrected chi connectivity index (χ4v) is 2.90. The highest BCUT2D eigenvalue weighted by molar-refractivity contribution is 7.09. The zero-order valence-corrected chi connectivity index (χ0v) is 13.0. The smallest absolute Gasteiger partial charge is 0.254 e. The third-order valence-electron chi connectivity index (χ3n) is 3.36. The minimum absolute atomic E-state index is 0.101. The molecule has 1 N–H and O–H groups in total. The van der Waals surface area contributed by atoms with Gasteiger partial charge in [-0.3, -0.25) is 4.79 Å². The summed E-state index contributed by atoms with van der Waals surface area (Å²) < 4.78 is 1.67. The molecule has 5 nitrogen and oxygen atoms in total. The summed E-state index contributed by atoms with van der Waals surface area (Å²) >= 11 is 1.70. The normalized spacial score (nSPS) is 10.6. The molecule has 0 bridgehead atoms. The first-order valence-corrected chi connectivity index (χ1v) is 7.90. The largest absolute Gasteiger partial charge is 0.352 e. The maximum Gasteiger partial charge on any atom is 0.254 e. The van der Waals surface area contributed by atoms with Gasteiger partial charge in [0, 0.05) is 17.6 Å². The first-order valence-electron chi connectivity index (χ1n) is 7.02. The molecule has 0 fully saturated rings. The lowest BCUT2D eigenvalue weighted by atomic mass is 10.2. The van der Waals surface area contributed by atoms with Crippen molar-refractivity contribution in [2.45, 2.75) is 13.3 Å². The Bertz CT molecular complexity index is 750. The first-order chi connectivity index (χ1) is 10.8. The fourth-order valence-electron chi connectivity index (χ4n) is 2.19. The lowest BCUT2D eigenvalue weighted by Gasteiger charge is -2.05. The molecule has 3 heterocycles. The second kappa shape index (κ2) is 6.53. The predicted molar refractivity (Wildman–Crippen MR) is 86.5 cm³/mol. The van der Waals surface area contributed by atoms with Gasteiger partial charge in [-0.2, -0.15) is 5.10 Å². The molecule has 0 saturated heterocycles. The van der Waals surface area contributed by atoms with Crippen LogP contribution in [0.15, 0.2) is 48.1 Å². The Morgan fingerprint density at radius 1 is 1.32 bits per heavy atom. The van der Waals surface area contributed by atoms with E-state index in [9.17, 15) is 4.79 Å². The van der Waals surface area contributed by atoms with E-state index in [4.69, 9.17) is 0 Å². The molecular formula is C16H16N4OS. The number of hydrogen-bond donors (Lipinski definition) is 1. The fraction of sp³-hybridized carbons (Fsp3) is 0.188. The number of nitrogens with one attached hydrogen (secondary N) is 1.